The van der Waals surface area contributed by atoms with Crippen LogP contribution in [-0.2, 0) is 10.8 Å². The number of fused-ring (bicyclic) bond motifs is 22. The van der Waals surface area contributed by atoms with Gasteiger partial charge in [0.1, 0.15) is 23.0 Å². The van der Waals surface area contributed by atoms with Crippen LogP contribution in [0, 0.1) is 0 Å². The van der Waals surface area contributed by atoms with Crippen LogP contribution in [0.4, 0.5) is 28.4 Å². The molecule has 0 saturated heterocycles. The van der Waals surface area contributed by atoms with Crippen molar-refractivity contribution >= 4 is 88.0 Å². The SMILES string of the molecule is Brc1ccc2c(c1)C1(c3ccccc3O2)c2ccccc2-n2c3ccccc3c3cccc1c32.C.C.c1ccc(-c2ccc(N(c3ccc(-c4ccccc4)cc3)c3ccc4c(c3)C3(c5ccccc5O4)c4ccccc4-n4c5ccccc5c5cccc3c54)cc2)cc1.c1ccc(-c2ccc(Nc3ccc(-c4ccccc4)cc3)cc2)cc1. The summed E-state index contributed by atoms with van der Waals surface area (Å²) in [5, 5.41) is 8.53. The molecule has 119 heavy (non-hydrogen) atoms. The van der Waals surface area contributed by atoms with Gasteiger partial charge in [-0.25, -0.2) is 0 Å². The van der Waals surface area contributed by atoms with Gasteiger partial charge in [0.2, 0.25) is 0 Å². The van der Waals surface area contributed by atoms with Crippen LogP contribution >= 0.6 is 15.9 Å². The minimum atomic E-state index is -0.666. The van der Waals surface area contributed by atoms with Crippen LogP contribution in [0.15, 0.2) is 441 Å². The van der Waals surface area contributed by atoms with E-state index >= 15 is 0 Å². The number of rotatable bonds is 9. The second kappa shape index (κ2) is 30.1. The zero-order valence-electron chi connectivity index (χ0n) is 63.6. The van der Waals surface area contributed by atoms with Gasteiger partial charge in [0, 0.05) is 76.7 Å². The van der Waals surface area contributed by atoms with Crippen LogP contribution in [0.5, 0.6) is 23.0 Å². The Hall–Kier alpha value is -14.8. The molecule has 0 saturated carbocycles. The topological polar surface area (TPSA) is 43.6 Å². The highest BCUT2D eigenvalue weighted by molar-refractivity contribution is 9.10. The van der Waals surface area contributed by atoms with E-state index in [1.807, 2.05) is 12.1 Å². The maximum atomic E-state index is 6.91. The lowest BCUT2D eigenvalue weighted by atomic mass is 9.61. The molecule has 24 rings (SSSR count). The molecule has 6 heterocycles. The van der Waals surface area contributed by atoms with Gasteiger partial charge in [-0.3, -0.25) is 0 Å². The average molecular weight is 1590 g/mol. The Labute approximate surface area is 702 Å². The summed E-state index contributed by atoms with van der Waals surface area (Å²) in [5.41, 5.74) is 30.9. The van der Waals surface area contributed by atoms with Gasteiger partial charge in [-0.1, -0.05) is 346 Å². The minimum absolute atomic E-state index is 0. The van der Waals surface area contributed by atoms with Crippen LogP contribution in [0.1, 0.15) is 59.4 Å². The summed E-state index contributed by atoms with van der Waals surface area (Å²) in [5.74, 6) is 3.55. The van der Waals surface area contributed by atoms with Crippen LogP contribution in [0.2, 0.25) is 0 Å². The van der Waals surface area contributed by atoms with E-state index in [-0.39, 0.29) is 14.9 Å². The van der Waals surface area contributed by atoms with Crippen molar-refractivity contribution in [3.05, 3.63) is 486 Å². The molecule has 568 valence electrons. The molecule has 6 nitrogen and oxygen atoms in total. The molecule has 7 heteroatoms. The molecule has 18 aromatic carbocycles. The lowest BCUT2D eigenvalue weighted by Gasteiger charge is -2.45. The molecule has 0 bridgehead atoms. The van der Waals surface area contributed by atoms with Gasteiger partial charge in [0.25, 0.3) is 0 Å². The summed E-state index contributed by atoms with van der Waals surface area (Å²) < 4.78 is 19.4. The first-order valence-electron chi connectivity index (χ1n) is 39.9. The quantitative estimate of drug-likeness (QED) is 0.156. The van der Waals surface area contributed by atoms with Crippen molar-refractivity contribution < 1.29 is 9.47 Å². The van der Waals surface area contributed by atoms with Crippen molar-refractivity contribution in [2.45, 2.75) is 25.7 Å². The molecule has 20 aromatic rings. The molecule has 0 fully saturated rings. The van der Waals surface area contributed by atoms with E-state index in [4.69, 9.17) is 9.47 Å². The highest BCUT2D eigenvalue weighted by Crippen LogP contribution is 2.63. The van der Waals surface area contributed by atoms with Crippen LogP contribution < -0.4 is 19.7 Å². The first-order valence-corrected chi connectivity index (χ1v) is 40.7. The Kier molecular flexibility index (Phi) is 18.5. The summed E-state index contributed by atoms with van der Waals surface area (Å²) in [7, 11) is 0. The third-order valence-electron chi connectivity index (χ3n) is 24.0. The zero-order valence-corrected chi connectivity index (χ0v) is 65.2. The Morgan fingerprint density at radius 2 is 0.538 bits per heavy atom. The predicted molar refractivity (Wildman–Crippen MR) is 499 cm³/mol. The third-order valence-corrected chi connectivity index (χ3v) is 24.5. The standard InChI is InChI=1S/C55H36N2O.C31H18BrNO.C24H19N.2CH4/c1-3-14-37(15-4-1)39-26-30-41(31-27-39)56(42-32-28-40(29-33-42)38-16-5-2-6-17-38)43-34-35-53-49(36-43)55(47-21-9-12-25-52(47)58-53)46-20-8-11-24-51(46)57-50-23-10-7-18-44(50)45-19-13-22-48(55)54(45)57;32-19-16-17-29-25(18-19)31(23-11-3-6-15-28(23)34-29)22-10-2-5-14-27(22)33-26-13-4-1-8-20(26)21-9-7-12-24(31)30(21)33;1-3-7-19(8-4-1)21-11-15-23(16-12-21)25-24-17-13-22(14-18-24)20-9-5-2-6-10-20;;/h1-36H;1-18H;1-18,25H;2*1H4. The summed E-state index contributed by atoms with van der Waals surface area (Å²) >= 11 is 3.76. The van der Waals surface area contributed by atoms with E-state index in [0.717, 1.165) is 72.6 Å². The van der Waals surface area contributed by atoms with E-state index in [1.54, 1.807) is 0 Å². The highest BCUT2D eigenvalue weighted by Gasteiger charge is 2.52. The predicted octanol–water partition coefficient (Wildman–Crippen LogP) is 30.8. The molecule has 0 aliphatic carbocycles. The Morgan fingerprint density at radius 1 is 0.235 bits per heavy atom. The Balaban J connectivity index is 0.000000126. The summed E-state index contributed by atoms with van der Waals surface area (Å²) in [6, 6.07) is 156. The average Bonchev–Trinajstić information content (AvgIpc) is 1.63. The van der Waals surface area contributed by atoms with Crippen molar-refractivity contribution in [2.24, 2.45) is 0 Å². The largest absolute Gasteiger partial charge is 0.457 e. The zero-order chi connectivity index (χ0) is 77.5. The number of anilines is 5. The van der Waals surface area contributed by atoms with Crippen LogP contribution in [0.3, 0.4) is 0 Å². The van der Waals surface area contributed by atoms with Gasteiger partial charge in [0.05, 0.1) is 44.3 Å². The second-order valence-corrected chi connectivity index (χ2v) is 31.2. The fourth-order valence-corrected chi connectivity index (χ4v) is 19.3. The summed E-state index contributed by atoms with van der Waals surface area (Å²) in [6.07, 6.45) is 0. The fourth-order valence-electron chi connectivity index (χ4n) is 19.0. The van der Waals surface area contributed by atoms with Gasteiger partial charge in [-0.2, -0.15) is 0 Å². The molecule has 1 N–H and O–H groups in total. The molecule has 4 aliphatic rings. The maximum absolute atomic E-state index is 6.91. The number of hydrogen-bond acceptors (Lipinski definition) is 4. The van der Waals surface area contributed by atoms with Crippen molar-refractivity contribution in [1.29, 1.82) is 0 Å². The normalized spacial score (nSPS) is 14.3. The van der Waals surface area contributed by atoms with Crippen LogP contribution in [-0.4, -0.2) is 9.13 Å². The first-order chi connectivity index (χ1) is 57.9. The molecule has 0 radical (unpaired) electrons. The molecule has 2 aromatic heterocycles. The van der Waals surface area contributed by atoms with Crippen molar-refractivity contribution in [3.63, 3.8) is 0 Å². The lowest BCUT2D eigenvalue weighted by Crippen LogP contribution is -2.38. The first kappa shape index (κ1) is 73.2. The minimum Gasteiger partial charge on any atom is -0.457 e. The highest BCUT2D eigenvalue weighted by atomic mass is 79.9. The van der Waals surface area contributed by atoms with Gasteiger partial charge < -0.3 is 28.8 Å². The van der Waals surface area contributed by atoms with E-state index in [1.165, 1.54) is 127 Å². The number of ether oxygens (including phenoxy) is 2. The molecule has 0 amide bonds. The molecule has 2 unspecified atom stereocenters. The number of hydrogen-bond donors (Lipinski definition) is 1. The molecule has 2 spiro atoms. The summed E-state index contributed by atoms with van der Waals surface area (Å²) in [6.45, 7) is 0. The van der Waals surface area contributed by atoms with Crippen LogP contribution in [0.25, 0.3) is 99.5 Å². The van der Waals surface area contributed by atoms with Gasteiger partial charge in [0.15, 0.2) is 0 Å². The van der Waals surface area contributed by atoms with E-state index < -0.39 is 10.8 Å². The molecular formula is C112H81BrN4O2. The molecular weight excluding hydrogens is 1510 g/mol. The van der Waals surface area contributed by atoms with Crippen molar-refractivity contribution in [2.75, 3.05) is 10.2 Å². The molecule has 2 atom stereocenters. The monoisotopic (exact) mass is 1590 g/mol. The number of nitrogens with zero attached hydrogens (tertiary/aromatic N) is 3. The number of aromatic nitrogens is 2. The summed E-state index contributed by atoms with van der Waals surface area (Å²) in [4.78, 5) is 2.38. The smallest absolute Gasteiger partial charge is 0.132 e. The molecule has 4 aliphatic heterocycles. The van der Waals surface area contributed by atoms with Crippen molar-refractivity contribution in [1.82, 2.24) is 9.13 Å². The van der Waals surface area contributed by atoms with Gasteiger partial charge >= 0.3 is 0 Å². The lowest BCUT2D eigenvalue weighted by molar-refractivity contribution is 0.433. The number of nitrogens with one attached hydrogen (secondary N) is 1. The van der Waals surface area contributed by atoms with E-state index in [9.17, 15) is 0 Å². The van der Waals surface area contributed by atoms with Gasteiger partial charge in [-0.05, 0) is 188 Å². The number of benzene rings is 18. The van der Waals surface area contributed by atoms with E-state index in [2.05, 4.69) is 460 Å². The Morgan fingerprint density at radius 3 is 0.958 bits per heavy atom. The maximum Gasteiger partial charge on any atom is 0.132 e. The Bertz CT molecular complexity index is 7040. The third kappa shape index (κ3) is 12.0. The van der Waals surface area contributed by atoms with Crippen molar-refractivity contribution in [3.8, 4) is 78.9 Å². The number of halogens is 1. The second-order valence-electron chi connectivity index (χ2n) is 30.3. The van der Waals surface area contributed by atoms with Gasteiger partial charge in [-0.15, -0.1) is 0 Å². The fraction of sp³-hybridized carbons (Fsp3) is 0.0357. The number of para-hydroxylation sites is 8. The van der Waals surface area contributed by atoms with E-state index in [0.29, 0.717) is 0 Å².